The minimum absolute atomic E-state index is 0.785. The minimum Gasteiger partial charge on any atom is -0.236 e. The normalized spacial score (nSPS) is 10.3. The van der Waals surface area contributed by atoms with Crippen molar-refractivity contribution in [2.24, 2.45) is 0 Å². The Labute approximate surface area is 92.1 Å². The van der Waals surface area contributed by atoms with E-state index in [-0.39, 0.29) is 0 Å². The molecule has 0 aliphatic rings. The molecule has 0 radical (unpaired) electrons. The maximum absolute atomic E-state index is 4.19. The van der Waals surface area contributed by atoms with E-state index in [2.05, 4.69) is 41.9 Å². The van der Waals surface area contributed by atoms with Crippen molar-refractivity contribution in [1.82, 2.24) is 14.8 Å². The van der Waals surface area contributed by atoms with Crippen LogP contribution >= 0.6 is 31.9 Å². The first kappa shape index (κ1) is 8.90. The highest BCUT2D eigenvalue weighted by molar-refractivity contribution is 9.10. The molecule has 0 atom stereocenters. The van der Waals surface area contributed by atoms with Gasteiger partial charge in [-0.3, -0.25) is 0 Å². The van der Waals surface area contributed by atoms with E-state index in [0.717, 1.165) is 14.8 Å². The average molecular weight is 303 g/mol. The molecule has 2 heterocycles. The quantitative estimate of drug-likeness (QED) is 0.811. The first-order valence-electron chi connectivity index (χ1n) is 3.58. The molecule has 5 heteroatoms. The molecule has 2 aromatic rings. The van der Waals surface area contributed by atoms with E-state index in [4.69, 9.17) is 0 Å². The number of rotatable bonds is 1. The van der Waals surface area contributed by atoms with Gasteiger partial charge in [-0.15, -0.1) is 0 Å². The van der Waals surface area contributed by atoms with E-state index in [1.807, 2.05) is 18.3 Å². The van der Waals surface area contributed by atoms with Gasteiger partial charge in [0, 0.05) is 12.4 Å². The van der Waals surface area contributed by atoms with Crippen LogP contribution in [0.4, 0.5) is 0 Å². The van der Waals surface area contributed by atoms with Gasteiger partial charge in [-0.2, -0.15) is 5.10 Å². The molecule has 0 aliphatic heterocycles. The van der Waals surface area contributed by atoms with Crippen LogP contribution in [0.2, 0.25) is 0 Å². The molecule has 13 heavy (non-hydrogen) atoms. The molecule has 0 saturated carbocycles. The number of nitrogens with zero attached hydrogens (tertiary/aromatic N) is 3. The minimum atomic E-state index is 0.785. The van der Waals surface area contributed by atoms with Crippen LogP contribution in [0.5, 0.6) is 0 Å². The fraction of sp³-hybridized carbons (Fsp3) is 0. The molecule has 0 unspecified atom stereocenters. The first-order chi connectivity index (χ1) is 6.27. The van der Waals surface area contributed by atoms with Gasteiger partial charge in [0.2, 0.25) is 0 Å². The summed E-state index contributed by atoms with van der Waals surface area (Å²) in [5, 5.41) is 4.12. The lowest BCUT2D eigenvalue weighted by Crippen LogP contribution is -1.97. The summed E-state index contributed by atoms with van der Waals surface area (Å²) in [6.45, 7) is 0. The molecule has 0 aromatic carbocycles. The molecule has 3 nitrogen and oxygen atoms in total. The van der Waals surface area contributed by atoms with Gasteiger partial charge in [0.15, 0.2) is 5.82 Å². The van der Waals surface area contributed by atoms with E-state index in [1.165, 1.54) is 0 Å². The maximum atomic E-state index is 4.19. The third-order valence-corrected chi connectivity index (χ3v) is 2.54. The lowest BCUT2D eigenvalue weighted by Gasteiger charge is -2.00. The molecule has 2 rings (SSSR count). The molecule has 0 aliphatic carbocycles. The topological polar surface area (TPSA) is 30.7 Å². The van der Waals surface area contributed by atoms with Crippen molar-refractivity contribution in [2.75, 3.05) is 0 Å². The lowest BCUT2D eigenvalue weighted by molar-refractivity contribution is 0.841. The van der Waals surface area contributed by atoms with Gasteiger partial charge in [-0.05, 0) is 44.0 Å². The zero-order chi connectivity index (χ0) is 9.26. The summed E-state index contributed by atoms with van der Waals surface area (Å²) >= 11 is 6.73. The summed E-state index contributed by atoms with van der Waals surface area (Å²) in [7, 11) is 0. The largest absolute Gasteiger partial charge is 0.236 e. The van der Waals surface area contributed by atoms with E-state index >= 15 is 0 Å². The zero-order valence-corrected chi connectivity index (χ0v) is 9.66. The van der Waals surface area contributed by atoms with E-state index in [1.54, 1.807) is 17.1 Å². The number of hydrogen-bond acceptors (Lipinski definition) is 2. The Morgan fingerprint density at radius 2 is 2.15 bits per heavy atom. The third kappa shape index (κ3) is 1.81. The molecule has 0 fully saturated rings. The Morgan fingerprint density at radius 3 is 2.77 bits per heavy atom. The van der Waals surface area contributed by atoms with Crippen molar-refractivity contribution >= 4 is 31.9 Å². The van der Waals surface area contributed by atoms with Gasteiger partial charge in [-0.1, -0.05) is 0 Å². The summed E-state index contributed by atoms with van der Waals surface area (Å²) in [6, 6.07) is 3.80. The average Bonchev–Trinajstić information content (AvgIpc) is 2.53. The van der Waals surface area contributed by atoms with Gasteiger partial charge in [0.05, 0.1) is 15.1 Å². The van der Waals surface area contributed by atoms with Crippen molar-refractivity contribution in [2.45, 2.75) is 0 Å². The summed E-state index contributed by atoms with van der Waals surface area (Å²) < 4.78 is 3.56. The van der Waals surface area contributed by atoms with Crippen LogP contribution in [0, 0.1) is 0 Å². The van der Waals surface area contributed by atoms with E-state index < -0.39 is 0 Å². The zero-order valence-electron chi connectivity index (χ0n) is 6.48. The molecule has 0 saturated heterocycles. The molecule has 0 bridgehead atoms. The number of pyridine rings is 1. The Balaban J connectivity index is 2.52. The summed E-state index contributed by atoms with van der Waals surface area (Å²) in [6.07, 6.45) is 5.31. The number of halogens is 2. The Bertz CT molecular complexity index is 425. The van der Waals surface area contributed by atoms with Crippen LogP contribution in [0.15, 0.2) is 39.7 Å². The lowest BCUT2D eigenvalue weighted by atomic mass is 10.5. The summed E-state index contributed by atoms with van der Waals surface area (Å²) in [5.74, 6) is 0.785. The second-order valence-corrected chi connectivity index (χ2v) is 4.18. The van der Waals surface area contributed by atoms with Gasteiger partial charge in [0.1, 0.15) is 0 Å². The highest BCUT2D eigenvalue weighted by Gasteiger charge is 2.03. The van der Waals surface area contributed by atoms with Gasteiger partial charge >= 0.3 is 0 Å². The highest BCUT2D eigenvalue weighted by atomic mass is 79.9. The number of hydrogen-bond donors (Lipinski definition) is 0. The molecular weight excluding hydrogens is 298 g/mol. The van der Waals surface area contributed by atoms with Crippen molar-refractivity contribution in [3.05, 3.63) is 39.7 Å². The van der Waals surface area contributed by atoms with Crippen molar-refractivity contribution in [1.29, 1.82) is 0 Å². The monoisotopic (exact) mass is 301 g/mol. The van der Waals surface area contributed by atoms with Crippen LogP contribution in [-0.4, -0.2) is 14.8 Å². The predicted molar refractivity (Wildman–Crippen MR) is 56.8 cm³/mol. The second kappa shape index (κ2) is 3.59. The van der Waals surface area contributed by atoms with Crippen molar-refractivity contribution in [3.63, 3.8) is 0 Å². The maximum Gasteiger partial charge on any atom is 0.167 e. The molecule has 66 valence electrons. The molecular formula is C8H5Br2N3. The Morgan fingerprint density at radius 1 is 1.31 bits per heavy atom. The van der Waals surface area contributed by atoms with E-state index in [0.29, 0.717) is 0 Å². The summed E-state index contributed by atoms with van der Waals surface area (Å²) in [4.78, 5) is 4.19. The second-order valence-electron chi connectivity index (χ2n) is 2.41. The van der Waals surface area contributed by atoms with Crippen LogP contribution in [0.25, 0.3) is 5.82 Å². The first-order valence-corrected chi connectivity index (χ1v) is 5.17. The van der Waals surface area contributed by atoms with Crippen molar-refractivity contribution in [3.8, 4) is 5.82 Å². The van der Waals surface area contributed by atoms with Gasteiger partial charge < -0.3 is 0 Å². The van der Waals surface area contributed by atoms with Crippen LogP contribution in [0.3, 0.4) is 0 Å². The molecule has 0 N–H and O–H groups in total. The number of aromatic nitrogens is 3. The van der Waals surface area contributed by atoms with Gasteiger partial charge in [0.25, 0.3) is 0 Å². The predicted octanol–water partition coefficient (Wildman–Crippen LogP) is 2.79. The molecule has 0 amide bonds. The fourth-order valence-electron chi connectivity index (χ4n) is 0.963. The van der Waals surface area contributed by atoms with Crippen LogP contribution < -0.4 is 0 Å². The van der Waals surface area contributed by atoms with Crippen LogP contribution in [-0.2, 0) is 0 Å². The standard InChI is InChI=1S/C8H5Br2N3/c9-6-4-12-13(5-6)8-7(10)2-1-3-11-8/h1-5H. The Hall–Kier alpha value is -0.680. The Kier molecular flexibility index (Phi) is 2.46. The fourth-order valence-corrected chi connectivity index (χ4v) is 1.68. The highest BCUT2D eigenvalue weighted by Crippen LogP contribution is 2.18. The smallest absolute Gasteiger partial charge is 0.167 e. The molecule has 0 spiro atoms. The van der Waals surface area contributed by atoms with Crippen molar-refractivity contribution < 1.29 is 0 Å². The third-order valence-electron chi connectivity index (χ3n) is 1.51. The van der Waals surface area contributed by atoms with Crippen LogP contribution in [0.1, 0.15) is 0 Å². The SMILES string of the molecule is Brc1cnn(-c2ncccc2Br)c1. The van der Waals surface area contributed by atoms with Gasteiger partial charge in [-0.25, -0.2) is 9.67 Å². The summed E-state index contributed by atoms with van der Waals surface area (Å²) in [5.41, 5.74) is 0. The molecule has 2 aromatic heterocycles. The van der Waals surface area contributed by atoms with E-state index in [9.17, 15) is 0 Å².